The number of hydrogen-bond donors (Lipinski definition) is 2. The van der Waals surface area contributed by atoms with Gasteiger partial charge in [0.25, 0.3) is 5.69 Å². The van der Waals surface area contributed by atoms with Crippen molar-refractivity contribution in [1.82, 2.24) is 10.7 Å². The van der Waals surface area contributed by atoms with E-state index in [0.29, 0.717) is 23.5 Å². The van der Waals surface area contributed by atoms with Gasteiger partial charge in [0.2, 0.25) is 0 Å². The molecule has 1 aliphatic rings. The van der Waals surface area contributed by atoms with Crippen LogP contribution in [0.15, 0.2) is 45.9 Å². The van der Waals surface area contributed by atoms with E-state index in [1.54, 1.807) is 24.3 Å². The molecule has 3 rings (SSSR count). The van der Waals surface area contributed by atoms with E-state index in [4.69, 9.17) is 16.6 Å². The molecule has 1 aromatic carbocycles. The number of hydrazone groups is 1. The fraction of sp³-hybridized carbons (Fsp3) is 0.250. The number of rotatable bonds is 5. The molecule has 0 spiro atoms. The third-order valence-electron chi connectivity index (χ3n) is 3.89. The Balaban J connectivity index is 1.57. The minimum Gasteiger partial charge on any atom is -0.455 e. The molecule has 2 aromatic rings. The normalized spacial score (nSPS) is 18.4. The van der Waals surface area contributed by atoms with Gasteiger partial charge in [-0.1, -0.05) is 12.1 Å². The molecule has 9 nitrogen and oxygen atoms in total. The largest absolute Gasteiger partial charge is 0.455 e. The summed E-state index contributed by atoms with van der Waals surface area (Å²) in [4.78, 5) is 10.4. The SMILES string of the molecule is O=[N+]([O-])c1cccc(-c2ccc(C=NNC(=S)NC3CCS(=O)(=O)C3)o2)c1. The minimum absolute atomic E-state index is 0.0221. The van der Waals surface area contributed by atoms with Crippen LogP contribution in [-0.2, 0) is 9.84 Å². The lowest BCUT2D eigenvalue weighted by atomic mass is 10.1. The first-order chi connectivity index (χ1) is 12.8. The maximum atomic E-state index is 11.4. The number of furan rings is 1. The number of sulfone groups is 1. The zero-order chi connectivity index (χ0) is 19.4. The van der Waals surface area contributed by atoms with Gasteiger partial charge in [-0.05, 0) is 30.8 Å². The molecular formula is C16H16N4O5S2. The highest BCUT2D eigenvalue weighted by Crippen LogP contribution is 2.25. The topological polar surface area (TPSA) is 127 Å². The molecule has 2 heterocycles. The van der Waals surface area contributed by atoms with Crippen LogP contribution in [0, 0.1) is 10.1 Å². The van der Waals surface area contributed by atoms with Crippen LogP contribution in [-0.4, -0.2) is 42.2 Å². The number of benzene rings is 1. The molecule has 1 aromatic heterocycles. The monoisotopic (exact) mass is 408 g/mol. The molecule has 0 bridgehead atoms. The highest BCUT2D eigenvalue weighted by molar-refractivity contribution is 7.91. The summed E-state index contributed by atoms with van der Waals surface area (Å²) in [5.41, 5.74) is 3.16. The summed E-state index contributed by atoms with van der Waals surface area (Å²) < 4.78 is 28.4. The lowest BCUT2D eigenvalue weighted by molar-refractivity contribution is -0.384. The van der Waals surface area contributed by atoms with Crippen LogP contribution in [0.25, 0.3) is 11.3 Å². The molecule has 1 aliphatic heterocycles. The Labute approximate surface area is 160 Å². The van der Waals surface area contributed by atoms with Crippen molar-refractivity contribution in [2.45, 2.75) is 12.5 Å². The number of nitro groups is 1. The molecule has 0 amide bonds. The molecule has 11 heteroatoms. The van der Waals surface area contributed by atoms with Crippen LogP contribution in [0.1, 0.15) is 12.2 Å². The Morgan fingerprint density at radius 2 is 2.19 bits per heavy atom. The summed E-state index contributed by atoms with van der Waals surface area (Å²) in [5.74, 6) is 1.11. The first-order valence-electron chi connectivity index (χ1n) is 7.97. The number of nitrogens with one attached hydrogen (secondary N) is 2. The highest BCUT2D eigenvalue weighted by Gasteiger charge is 2.28. The molecule has 0 radical (unpaired) electrons. The second-order valence-electron chi connectivity index (χ2n) is 5.95. The number of thiocarbonyl (C=S) groups is 1. The zero-order valence-electron chi connectivity index (χ0n) is 14.0. The van der Waals surface area contributed by atoms with Crippen LogP contribution in [0.2, 0.25) is 0 Å². The molecule has 1 saturated heterocycles. The Morgan fingerprint density at radius 3 is 2.89 bits per heavy atom. The van der Waals surface area contributed by atoms with Gasteiger partial charge in [0.1, 0.15) is 11.5 Å². The predicted octanol–water partition coefficient (Wildman–Crippen LogP) is 1.84. The van der Waals surface area contributed by atoms with Crippen molar-refractivity contribution in [2.75, 3.05) is 11.5 Å². The number of non-ortho nitro benzene ring substituents is 1. The standard InChI is InChI=1S/C16H16N4O5S2/c21-20(22)13-3-1-2-11(8-13)15-5-4-14(25-15)9-17-19-16(26)18-12-6-7-27(23,24)10-12/h1-5,8-9,12H,6-7,10H2,(H2,18,19,26). The molecule has 0 saturated carbocycles. The number of nitro benzene ring substituents is 1. The summed E-state index contributed by atoms with van der Waals surface area (Å²) in [6, 6.07) is 9.25. The molecule has 27 heavy (non-hydrogen) atoms. The molecule has 1 atom stereocenters. The quantitative estimate of drug-likeness (QED) is 0.332. The van der Waals surface area contributed by atoms with E-state index in [0.717, 1.165) is 0 Å². The van der Waals surface area contributed by atoms with Gasteiger partial charge in [0.15, 0.2) is 14.9 Å². The van der Waals surface area contributed by atoms with Crippen LogP contribution in [0.4, 0.5) is 5.69 Å². The summed E-state index contributed by atoms with van der Waals surface area (Å²) in [5, 5.41) is 17.9. The van der Waals surface area contributed by atoms with Crippen molar-refractivity contribution in [3.63, 3.8) is 0 Å². The van der Waals surface area contributed by atoms with Crippen molar-refractivity contribution in [1.29, 1.82) is 0 Å². The Hall–Kier alpha value is -2.79. The Morgan fingerprint density at radius 1 is 1.37 bits per heavy atom. The van der Waals surface area contributed by atoms with Crippen molar-refractivity contribution in [3.05, 3.63) is 52.3 Å². The summed E-state index contributed by atoms with van der Waals surface area (Å²) in [6.07, 6.45) is 1.92. The van der Waals surface area contributed by atoms with E-state index in [1.165, 1.54) is 18.3 Å². The average molecular weight is 408 g/mol. The molecular weight excluding hydrogens is 392 g/mol. The molecule has 2 N–H and O–H groups in total. The van der Waals surface area contributed by atoms with Gasteiger partial charge in [0, 0.05) is 23.7 Å². The van der Waals surface area contributed by atoms with E-state index in [-0.39, 0.29) is 28.3 Å². The number of nitrogens with zero attached hydrogens (tertiary/aromatic N) is 2. The van der Waals surface area contributed by atoms with E-state index in [1.807, 2.05) is 0 Å². The van der Waals surface area contributed by atoms with Crippen LogP contribution < -0.4 is 10.7 Å². The molecule has 142 valence electrons. The Kier molecular flexibility index (Phi) is 5.51. The molecule has 1 unspecified atom stereocenters. The smallest absolute Gasteiger partial charge is 0.270 e. The van der Waals surface area contributed by atoms with Gasteiger partial charge >= 0.3 is 0 Å². The van der Waals surface area contributed by atoms with Gasteiger partial charge in [-0.2, -0.15) is 5.10 Å². The average Bonchev–Trinajstić information content (AvgIpc) is 3.21. The van der Waals surface area contributed by atoms with Crippen LogP contribution >= 0.6 is 12.2 Å². The van der Waals surface area contributed by atoms with E-state index in [2.05, 4.69) is 15.8 Å². The fourth-order valence-corrected chi connectivity index (χ4v) is 4.52. The second-order valence-corrected chi connectivity index (χ2v) is 8.59. The van der Waals surface area contributed by atoms with Crippen molar-refractivity contribution in [2.24, 2.45) is 5.10 Å². The van der Waals surface area contributed by atoms with Gasteiger partial charge in [0.05, 0.1) is 22.6 Å². The second kappa shape index (κ2) is 7.84. The maximum Gasteiger partial charge on any atom is 0.270 e. The van der Waals surface area contributed by atoms with Gasteiger partial charge in [-0.15, -0.1) is 0 Å². The van der Waals surface area contributed by atoms with Crippen molar-refractivity contribution < 1.29 is 17.8 Å². The summed E-state index contributed by atoms with van der Waals surface area (Å²) in [6.45, 7) is 0. The lowest BCUT2D eigenvalue weighted by Gasteiger charge is -2.11. The van der Waals surface area contributed by atoms with Crippen molar-refractivity contribution >= 4 is 39.1 Å². The summed E-state index contributed by atoms with van der Waals surface area (Å²) in [7, 11) is -2.98. The predicted molar refractivity (Wildman–Crippen MR) is 104 cm³/mol. The Bertz CT molecular complexity index is 1000. The van der Waals surface area contributed by atoms with E-state index >= 15 is 0 Å². The van der Waals surface area contributed by atoms with Gasteiger partial charge in [-0.25, -0.2) is 8.42 Å². The highest BCUT2D eigenvalue weighted by atomic mass is 32.2. The van der Waals surface area contributed by atoms with E-state index < -0.39 is 14.8 Å². The summed E-state index contributed by atoms with van der Waals surface area (Å²) >= 11 is 5.08. The van der Waals surface area contributed by atoms with Gasteiger partial charge < -0.3 is 9.73 Å². The first-order valence-corrected chi connectivity index (χ1v) is 10.2. The number of hydrogen-bond acceptors (Lipinski definition) is 7. The van der Waals surface area contributed by atoms with Gasteiger partial charge in [-0.3, -0.25) is 15.5 Å². The third kappa shape index (κ3) is 5.11. The van der Waals surface area contributed by atoms with E-state index in [9.17, 15) is 18.5 Å². The zero-order valence-corrected chi connectivity index (χ0v) is 15.6. The maximum absolute atomic E-state index is 11.4. The lowest BCUT2D eigenvalue weighted by Crippen LogP contribution is -2.40. The van der Waals surface area contributed by atoms with Crippen LogP contribution in [0.5, 0.6) is 0 Å². The fourth-order valence-electron chi connectivity index (χ4n) is 2.63. The first kappa shape index (κ1) is 19.0. The minimum atomic E-state index is -2.98. The van der Waals surface area contributed by atoms with Crippen LogP contribution in [0.3, 0.4) is 0 Å². The molecule has 0 aliphatic carbocycles. The van der Waals surface area contributed by atoms with Crippen molar-refractivity contribution in [3.8, 4) is 11.3 Å². The molecule has 1 fully saturated rings. The third-order valence-corrected chi connectivity index (χ3v) is 5.87.